The maximum Gasteiger partial charge on any atom is 0.329 e. The van der Waals surface area contributed by atoms with Crippen molar-refractivity contribution < 1.29 is 55.2 Å². The van der Waals surface area contributed by atoms with E-state index >= 15 is 0 Å². The van der Waals surface area contributed by atoms with Crippen molar-refractivity contribution in [1.82, 2.24) is 0 Å². The van der Waals surface area contributed by atoms with Gasteiger partial charge in [-0.1, -0.05) is 132 Å². The second-order valence-electron chi connectivity index (χ2n) is 11.3. The van der Waals surface area contributed by atoms with Crippen molar-refractivity contribution in [3.05, 3.63) is 0 Å². The predicted molar refractivity (Wildman–Crippen MR) is 175 cm³/mol. The van der Waals surface area contributed by atoms with Crippen LogP contribution in [0.4, 0.5) is 0 Å². The monoisotopic (exact) mass is 726 g/mol. The molecule has 0 saturated carbocycles. The van der Waals surface area contributed by atoms with Crippen LogP contribution in [0.2, 0.25) is 0 Å². The minimum absolute atomic E-state index is 0. The Morgan fingerprint density at radius 2 is 0.610 bits per heavy atom. The van der Waals surface area contributed by atoms with Crippen LogP contribution in [0.5, 0.6) is 0 Å². The van der Waals surface area contributed by atoms with E-state index in [1.165, 1.54) is 77.0 Å². The van der Waals surface area contributed by atoms with E-state index < -0.39 is 17.2 Å². The summed E-state index contributed by atoms with van der Waals surface area (Å²) in [4.78, 5) is 19.6. The first-order valence-electron chi connectivity index (χ1n) is 16.8. The van der Waals surface area contributed by atoms with Gasteiger partial charge in [-0.15, -0.1) is 0 Å². The van der Waals surface area contributed by atoms with Crippen molar-refractivity contribution in [2.75, 3.05) is 26.4 Å². The summed E-state index contributed by atoms with van der Waals surface area (Å²) in [6.07, 6.45) is 19.0. The van der Waals surface area contributed by atoms with Crippen LogP contribution in [-0.2, 0) is 45.4 Å². The van der Waals surface area contributed by atoms with Crippen LogP contribution in [0.15, 0.2) is 0 Å². The molecule has 0 aromatic heterocycles. The number of unbranched alkanes of at least 4 members (excludes halogenated alkanes) is 4. The summed E-state index contributed by atoms with van der Waals surface area (Å²) in [6.45, 7) is 20.1. The van der Waals surface area contributed by atoms with Crippen molar-refractivity contribution in [1.29, 1.82) is 0 Å². The smallest absolute Gasteiger partial charge is 0.328 e. The largest absolute Gasteiger partial charge is 0.329 e. The van der Waals surface area contributed by atoms with Gasteiger partial charge in [-0.25, -0.2) is 0 Å². The fraction of sp³-hybridized carbons (Fsp3) is 1.00. The minimum atomic E-state index is -1.69. The molecule has 2 N–H and O–H groups in total. The molecule has 6 nitrogen and oxygen atoms in total. The molecule has 0 fully saturated rings. The zero-order chi connectivity index (χ0) is 30.4. The summed E-state index contributed by atoms with van der Waals surface area (Å²) in [5.74, 6) is 2.21. The van der Waals surface area contributed by atoms with E-state index in [1.54, 1.807) is 0 Å². The Kier molecular flexibility index (Phi) is 41.2. The Morgan fingerprint density at radius 3 is 0.756 bits per heavy atom. The van der Waals surface area contributed by atoms with Crippen LogP contribution < -0.4 is 0 Å². The summed E-state index contributed by atoms with van der Waals surface area (Å²) in [5, 5.41) is 0. The van der Waals surface area contributed by atoms with Gasteiger partial charge in [0, 0.05) is 27.3 Å². The molecule has 0 aliphatic heterocycles. The second-order valence-corrected chi connectivity index (χ2v) is 13.3. The van der Waals surface area contributed by atoms with Gasteiger partial charge < -0.3 is 27.9 Å². The third-order valence-electron chi connectivity index (χ3n) is 7.86. The molecule has 0 amide bonds. The van der Waals surface area contributed by atoms with Crippen LogP contribution in [0, 0.1) is 23.7 Å². The average molecular weight is 725 g/mol. The van der Waals surface area contributed by atoms with E-state index in [4.69, 9.17) is 18.1 Å². The molecule has 0 saturated heterocycles. The van der Waals surface area contributed by atoms with E-state index in [0.29, 0.717) is 50.1 Å². The molecule has 0 radical (unpaired) electrons. The molecule has 246 valence electrons. The molecule has 4 atom stereocenters. The van der Waals surface area contributed by atoms with Gasteiger partial charge in [0.2, 0.25) is 0 Å². The molecular weight excluding hydrogens is 655 g/mol. The molecule has 41 heavy (non-hydrogen) atoms. The maximum atomic E-state index is 9.81. The Morgan fingerprint density at radius 1 is 0.415 bits per heavy atom. The van der Waals surface area contributed by atoms with Crippen molar-refractivity contribution in [2.24, 2.45) is 23.7 Å². The number of hydrogen-bond acceptors (Lipinski definition) is 6. The molecule has 0 bridgehead atoms. The summed E-state index contributed by atoms with van der Waals surface area (Å²) >= 11 is 0. The first kappa shape index (κ1) is 47.0. The summed E-state index contributed by atoms with van der Waals surface area (Å²) in [7, 11) is -3.37. The molecule has 4 unspecified atom stereocenters. The fourth-order valence-electron chi connectivity index (χ4n) is 4.34. The first-order chi connectivity index (χ1) is 19.3. The Labute approximate surface area is 279 Å². The molecule has 0 heterocycles. The minimum Gasteiger partial charge on any atom is -0.328 e. The zero-order valence-electron chi connectivity index (χ0n) is 28.6. The van der Waals surface area contributed by atoms with Crippen LogP contribution in [0.1, 0.15) is 158 Å². The van der Waals surface area contributed by atoms with Crippen molar-refractivity contribution >= 4 is 17.2 Å². The summed E-state index contributed by atoms with van der Waals surface area (Å²) < 4.78 is 22.0. The van der Waals surface area contributed by atoms with E-state index in [1.807, 2.05) is 0 Å². The van der Waals surface area contributed by atoms with Crippen LogP contribution in [0.3, 0.4) is 0 Å². The van der Waals surface area contributed by atoms with Gasteiger partial charge in [-0.3, -0.25) is 0 Å². The van der Waals surface area contributed by atoms with E-state index in [9.17, 15) is 9.79 Å². The van der Waals surface area contributed by atoms with Gasteiger partial charge in [0.15, 0.2) is 0 Å². The number of hydrogen-bond donors (Lipinski definition) is 2. The molecule has 0 aliphatic rings. The van der Waals surface area contributed by atoms with E-state index in [0.717, 1.165) is 25.7 Å². The molecule has 0 aliphatic carbocycles. The standard InChI is InChI=1S/2C16H35O3P.Cd/c2*1-5-9-11-15(7-3)13-18-20(17)19-14-16(8-4)12-10-6-2;/h2*15-17H,5-14H2,1-4H3;. The summed E-state index contributed by atoms with van der Waals surface area (Å²) in [5.41, 5.74) is 0. The van der Waals surface area contributed by atoms with Gasteiger partial charge in [0.25, 0.3) is 0 Å². The van der Waals surface area contributed by atoms with Crippen LogP contribution in [0.25, 0.3) is 0 Å². The molecule has 0 spiro atoms. The molecule has 0 aromatic carbocycles. The van der Waals surface area contributed by atoms with Crippen LogP contribution >= 0.6 is 17.2 Å². The van der Waals surface area contributed by atoms with Gasteiger partial charge in [-0.2, -0.15) is 0 Å². The third-order valence-corrected chi connectivity index (χ3v) is 9.34. The molecule has 0 aromatic rings. The Bertz CT molecular complexity index is 413. The van der Waals surface area contributed by atoms with Gasteiger partial charge in [0.1, 0.15) is 0 Å². The van der Waals surface area contributed by atoms with E-state index in [-0.39, 0.29) is 27.3 Å². The number of rotatable bonds is 28. The van der Waals surface area contributed by atoms with E-state index in [2.05, 4.69) is 55.4 Å². The molecular formula is C32H70CdO6P2. The predicted octanol–water partition coefficient (Wildman–Crippen LogP) is 11.3. The quantitative estimate of drug-likeness (QED) is 0.0618. The normalized spacial score (nSPS) is 15.7. The first-order valence-corrected chi connectivity index (χ1v) is 19.1. The SMILES string of the molecule is CCCCC(CC)COP(O)OCC(CC)CCCC.CCCCC(CC)COP(O)OCC(CC)CCCC.[Cd]. The Hall–Kier alpha value is 1.54. The maximum absolute atomic E-state index is 9.81. The third kappa shape index (κ3) is 31.3. The second kappa shape index (κ2) is 36.0. The van der Waals surface area contributed by atoms with Gasteiger partial charge >= 0.3 is 17.2 Å². The van der Waals surface area contributed by atoms with Gasteiger partial charge in [-0.05, 0) is 49.4 Å². The van der Waals surface area contributed by atoms with Crippen molar-refractivity contribution in [2.45, 2.75) is 158 Å². The molecule has 0 rings (SSSR count). The van der Waals surface area contributed by atoms with Crippen molar-refractivity contribution in [3.63, 3.8) is 0 Å². The Balaban J connectivity index is -0.000000688. The van der Waals surface area contributed by atoms with Crippen molar-refractivity contribution in [3.8, 4) is 0 Å². The van der Waals surface area contributed by atoms with Crippen LogP contribution in [-0.4, -0.2) is 36.2 Å². The average Bonchev–Trinajstić information content (AvgIpc) is 2.97. The molecule has 9 heteroatoms. The summed E-state index contributed by atoms with van der Waals surface area (Å²) in [6, 6.07) is 0. The topological polar surface area (TPSA) is 77.4 Å². The fourth-order valence-corrected chi connectivity index (χ4v) is 5.85. The zero-order valence-corrected chi connectivity index (χ0v) is 34.4. The van der Waals surface area contributed by atoms with Gasteiger partial charge in [0.05, 0.1) is 26.4 Å².